The average Bonchev–Trinajstić information content (AvgIpc) is 3.45. The Morgan fingerprint density at radius 1 is 1.03 bits per heavy atom. The molecule has 0 unspecified atom stereocenters. The summed E-state index contributed by atoms with van der Waals surface area (Å²) in [7, 11) is 0. The van der Waals surface area contributed by atoms with Gasteiger partial charge in [-0.3, -0.25) is 19.6 Å². The molecule has 3 fully saturated rings. The van der Waals surface area contributed by atoms with Gasteiger partial charge in [-0.1, -0.05) is 36.4 Å². The van der Waals surface area contributed by atoms with Crippen molar-refractivity contribution in [2.45, 2.75) is 43.8 Å². The summed E-state index contributed by atoms with van der Waals surface area (Å²) in [4.78, 5) is 35.1. The van der Waals surface area contributed by atoms with Gasteiger partial charge in [0.2, 0.25) is 0 Å². The quantitative estimate of drug-likeness (QED) is 0.684. The summed E-state index contributed by atoms with van der Waals surface area (Å²) in [5.74, 6) is 2.50. The number of pyridine rings is 1. The van der Waals surface area contributed by atoms with Gasteiger partial charge >= 0.3 is 6.03 Å². The highest BCUT2D eigenvalue weighted by Crippen LogP contribution is 2.38. The monoisotopic (exact) mass is 450 g/mol. The van der Waals surface area contributed by atoms with Crippen LogP contribution in [-0.2, 0) is 17.8 Å². The molecular weight excluding hydrogens is 420 g/mol. The molecule has 1 aromatic carbocycles. The van der Waals surface area contributed by atoms with E-state index in [2.05, 4.69) is 27.3 Å². The molecule has 3 saturated heterocycles. The van der Waals surface area contributed by atoms with Gasteiger partial charge in [0.25, 0.3) is 5.91 Å². The number of likely N-dealkylation sites (tertiary alicyclic amines) is 1. The van der Waals surface area contributed by atoms with Crippen LogP contribution in [0.3, 0.4) is 0 Å². The van der Waals surface area contributed by atoms with Crippen LogP contribution in [0, 0.1) is 5.92 Å². The lowest BCUT2D eigenvalue weighted by molar-refractivity contribution is -0.134. The number of imide groups is 1. The summed E-state index contributed by atoms with van der Waals surface area (Å²) in [6.07, 6.45) is 7.08. The first kappa shape index (κ1) is 21.5. The Morgan fingerprint density at radius 3 is 2.50 bits per heavy atom. The van der Waals surface area contributed by atoms with Crippen molar-refractivity contribution in [2.75, 3.05) is 24.6 Å². The smallest absolute Gasteiger partial charge is 0.322 e. The first-order valence-corrected chi connectivity index (χ1v) is 12.7. The Morgan fingerprint density at radius 2 is 1.81 bits per heavy atom. The van der Waals surface area contributed by atoms with Crippen LogP contribution in [0.2, 0.25) is 0 Å². The second-order valence-electron chi connectivity index (χ2n) is 9.14. The predicted molar refractivity (Wildman–Crippen MR) is 126 cm³/mol. The van der Waals surface area contributed by atoms with Crippen LogP contribution in [0.1, 0.15) is 30.4 Å². The largest absolute Gasteiger partial charge is 0.325 e. The number of hydrogen-bond donors (Lipinski definition) is 1. The summed E-state index contributed by atoms with van der Waals surface area (Å²) in [6, 6.07) is 14.2. The number of hydrogen-bond acceptors (Lipinski definition) is 5. The molecule has 1 aromatic heterocycles. The number of aromatic nitrogens is 1. The number of piperidine rings is 1. The summed E-state index contributed by atoms with van der Waals surface area (Å²) in [5.41, 5.74) is 1.07. The minimum Gasteiger partial charge on any atom is -0.322 e. The van der Waals surface area contributed by atoms with E-state index in [-0.39, 0.29) is 24.4 Å². The van der Waals surface area contributed by atoms with Crippen molar-refractivity contribution in [3.8, 4) is 0 Å². The number of rotatable bonds is 6. The SMILES string of the molecule is O=C1N[C@](Cc2ccccc2)(C2CCN([C@@H]3CCSC3)CC2)C(=O)N1Cc1cccnc1. The van der Waals surface area contributed by atoms with Crippen LogP contribution in [0.25, 0.3) is 0 Å². The van der Waals surface area contributed by atoms with E-state index < -0.39 is 5.54 Å². The molecule has 3 aliphatic heterocycles. The second-order valence-corrected chi connectivity index (χ2v) is 10.3. The normalized spacial score (nSPS) is 27.1. The van der Waals surface area contributed by atoms with Crippen LogP contribution in [0.5, 0.6) is 0 Å². The highest BCUT2D eigenvalue weighted by molar-refractivity contribution is 7.99. The van der Waals surface area contributed by atoms with Gasteiger partial charge in [-0.2, -0.15) is 11.8 Å². The van der Waals surface area contributed by atoms with Crippen LogP contribution in [0.4, 0.5) is 4.79 Å². The molecule has 0 radical (unpaired) electrons. The molecule has 0 aliphatic carbocycles. The maximum atomic E-state index is 13.9. The zero-order chi connectivity index (χ0) is 22.0. The third-order valence-electron chi connectivity index (χ3n) is 7.24. The molecule has 0 saturated carbocycles. The van der Waals surface area contributed by atoms with E-state index in [9.17, 15) is 9.59 Å². The lowest BCUT2D eigenvalue weighted by atomic mass is 9.73. The lowest BCUT2D eigenvalue weighted by Crippen LogP contribution is -2.58. The van der Waals surface area contributed by atoms with Gasteiger partial charge in [0.15, 0.2) is 0 Å². The number of nitrogens with zero attached hydrogens (tertiary/aromatic N) is 3. The molecule has 32 heavy (non-hydrogen) atoms. The summed E-state index contributed by atoms with van der Waals surface area (Å²) in [6.45, 7) is 2.25. The highest BCUT2D eigenvalue weighted by Gasteiger charge is 2.56. The van der Waals surface area contributed by atoms with Crippen molar-refractivity contribution in [1.29, 1.82) is 0 Å². The molecular formula is C25H30N4O2S. The fraction of sp³-hybridized carbons (Fsp3) is 0.480. The molecule has 0 spiro atoms. The first-order chi connectivity index (χ1) is 15.7. The fourth-order valence-electron chi connectivity index (χ4n) is 5.49. The standard InChI is InChI=1S/C25H30N4O2S/c30-23-25(15-19-5-2-1-3-6-19,21-8-12-28(13-9-21)22-10-14-32-18-22)27-24(31)29(23)17-20-7-4-11-26-16-20/h1-7,11,16,21-22H,8-10,12-15,17-18H2,(H,27,31)/t22-,25-/m1/s1. The maximum absolute atomic E-state index is 13.9. The van der Waals surface area contributed by atoms with Crippen molar-refractivity contribution >= 4 is 23.7 Å². The van der Waals surface area contributed by atoms with E-state index in [1.807, 2.05) is 42.1 Å². The molecule has 3 aliphatic rings. The third-order valence-corrected chi connectivity index (χ3v) is 8.38. The van der Waals surface area contributed by atoms with Crippen molar-refractivity contribution in [3.05, 3.63) is 66.0 Å². The molecule has 6 nitrogen and oxygen atoms in total. The van der Waals surface area contributed by atoms with E-state index in [4.69, 9.17) is 0 Å². The van der Waals surface area contributed by atoms with Crippen LogP contribution in [-0.4, -0.2) is 62.9 Å². The van der Waals surface area contributed by atoms with Gasteiger partial charge in [0.1, 0.15) is 5.54 Å². The zero-order valence-corrected chi connectivity index (χ0v) is 19.1. The number of carbonyl (C=O) groups is 2. The van der Waals surface area contributed by atoms with Crippen molar-refractivity contribution in [1.82, 2.24) is 20.1 Å². The molecule has 168 valence electrons. The minimum absolute atomic E-state index is 0.0925. The first-order valence-electron chi connectivity index (χ1n) is 11.5. The molecule has 2 aromatic rings. The van der Waals surface area contributed by atoms with E-state index >= 15 is 0 Å². The number of nitrogens with one attached hydrogen (secondary N) is 1. The summed E-state index contributed by atoms with van der Waals surface area (Å²) in [5, 5.41) is 3.18. The van der Waals surface area contributed by atoms with Gasteiger partial charge in [-0.15, -0.1) is 0 Å². The molecule has 0 bridgehead atoms. The molecule has 5 rings (SSSR count). The Labute approximate surface area is 193 Å². The Balaban J connectivity index is 1.39. The van der Waals surface area contributed by atoms with Gasteiger partial charge < -0.3 is 5.32 Å². The van der Waals surface area contributed by atoms with Gasteiger partial charge in [-0.05, 0) is 61.2 Å². The van der Waals surface area contributed by atoms with Gasteiger partial charge in [0.05, 0.1) is 6.54 Å². The second kappa shape index (κ2) is 9.24. The van der Waals surface area contributed by atoms with Crippen LogP contribution in [0.15, 0.2) is 54.9 Å². The number of carbonyl (C=O) groups excluding carboxylic acids is 2. The van der Waals surface area contributed by atoms with E-state index in [1.165, 1.54) is 22.8 Å². The number of thioether (sulfide) groups is 1. The van der Waals surface area contributed by atoms with E-state index in [0.29, 0.717) is 12.5 Å². The summed E-state index contributed by atoms with van der Waals surface area (Å²) < 4.78 is 0. The Hall–Kier alpha value is -2.38. The molecule has 7 heteroatoms. The van der Waals surface area contributed by atoms with E-state index in [0.717, 1.165) is 37.1 Å². The molecule has 1 N–H and O–H groups in total. The summed E-state index contributed by atoms with van der Waals surface area (Å²) >= 11 is 2.04. The van der Waals surface area contributed by atoms with Crippen molar-refractivity contribution in [2.24, 2.45) is 5.92 Å². The third kappa shape index (κ3) is 4.16. The lowest BCUT2D eigenvalue weighted by Gasteiger charge is -2.42. The van der Waals surface area contributed by atoms with Gasteiger partial charge in [0, 0.05) is 30.6 Å². The van der Waals surface area contributed by atoms with Gasteiger partial charge in [-0.25, -0.2) is 4.79 Å². The molecule has 2 atom stereocenters. The molecule has 4 heterocycles. The average molecular weight is 451 g/mol. The fourth-order valence-corrected chi connectivity index (χ4v) is 6.74. The Bertz CT molecular complexity index is 943. The van der Waals surface area contributed by atoms with Crippen LogP contribution < -0.4 is 5.32 Å². The number of amides is 3. The Kier molecular flexibility index (Phi) is 6.20. The topological polar surface area (TPSA) is 65.5 Å². The number of urea groups is 1. The minimum atomic E-state index is -0.878. The highest BCUT2D eigenvalue weighted by atomic mass is 32.2. The zero-order valence-electron chi connectivity index (χ0n) is 18.3. The molecule has 3 amide bonds. The number of benzene rings is 1. The van der Waals surface area contributed by atoms with E-state index in [1.54, 1.807) is 12.4 Å². The van der Waals surface area contributed by atoms with Crippen molar-refractivity contribution < 1.29 is 9.59 Å². The van der Waals surface area contributed by atoms with Crippen molar-refractivity contribution in [3.63, 3.8) is 0 Å². The van der Waals surface area contributed by atoms with Crippen LogP contribution >= 0.6 is 11.8 Å². The predicted octanol–water partition coefficient (Wildman–Crippen LogP) is 3.33. The maximum Gasteiger partial charge on any atom is 0.325 e.